The highest BCUT2D eigenvalue weighted by atomic mass is 16.5. The molecular formula is C21H31N5O3. The number of ether oxygens (including phenoxy) is 3. The van der Waals surface area contributed by atoms with E-state index >= 15 is 0 Å². The van der Waals surface area contributed by atoms with E-state index in [1.54, 1.807) is 34.6 Å². The van der Waals surface area contributed by atoms with E-state index in [0.29, 0.717) is 23.8 Å². The number of unbranched alkanes of at least 4 members (excludes halogenated alkanes) is 1. The van der Waals surface area contributed by atoms with Crippen LogP contribution in [0, 0.1) is 0 Å². The Labute approximate surface area is 172 Å². The minimum absolute atomic E-state index is 0.581. The number of benzene rings is 1. The summed E-state index contributed by atoms with van der Waals surface area (Å²) in [5.41, 5.74) is 1.00. The first-order valence-corrected chi connectivity index (χ1v) is 9.60. The fourth-order valence-electron chi connectivity index (χ4n) is 2.78. The molecule has 2 aromatic rings. The monoisotopic (exact) mass is 401 g/mol. The van der Waals surface area contributed by atoms with E-state index in [4.69, 9.17) is 14.2 Å². The van der Waals surface area contributed by atoms with Gasteiger partial charge >= 0.3 is 0 Å². The van der Waals surface area contributed by atoms with Gasteiger partial charge in [-0.2, -0.15) is 0 Å². The summed E-state index contributed by atoms with van der Waals surface area (Å²) in [6.07, 6.45) is 3.84. The van der Waals surface area contributed by atoms with Gasteiger partial charge in [-0.15, -0.1) is 0 Å². The second-order valence-electron chi connectivity index (χ2n) is 6.23. The number of methoxy groups -OCH3 is 3. The average molecular weight is 402 g/mol. The molecule has 0 fully saturated rings. The molecule has 0 saturated carbocycles. The normalized spacial score (nSPS) is 11.0. The lowest BCUT2D eigenvalue weighted by Gasteiger charge is -2.16. The van der Waals surface area contributed by atoms with Gasteiger partial charge in [0.2, 0.25) is 5.75 Å². The molecule has 0 aliphatic heterocycles. The average Bonchev–Trinajstić information content (AvgIpc) is 2.77. The number of hydrogen-bond acceptors (Lipinski definition) is 6. The van der Waals surface area contributed by atoms with Crippen molar-refractivity contribution in [2.24, 2.45) is 4.99 Å². The molecule has 3 N–H and O–H groups in total. The maximum atomic E-state index is 5.40. The van der Waals surface area contributed by atoms with E-state index in [1.807, 2.05) is 30.3 Å². The number of aromatic nitrogens is 1. The van der Waals surface area contributed by atoms with Crippen LogP contribution >= 0.6 is 0 Å². The molecule has 0 amide bonds. The molecule has 0 atom stereocenters. The lowest BCUT2D eigenvalue weighted by atomic mass is 10.2. The first kappa shape index (κ1) is 22.1. The van der Waals surface area contributed by atoms with E-state index in [1.165, 1.54) is 0 Å². The van der Waals surface area contributed by atoms with Gasteiger partial charge in [-0.3, -0.25) is 4.99 Å². The molecule has 0 saturated heterocycles. The summed E-state index contributed by atoms with van der Waals surface area (Å²) < 4.78 is 16.2. The predicted molar refractivity (Wildman–Crippen MR) is 116 cm³/mol. The third-order valence-corrected chi connectivity index (χ3v) is 4.28. The van der Waals surface area contributed by atoms with Crippen molar-refractivity contribution < 1.29 is 14.2 Å². The quantitative estimate of drug-likeness (QED) is 0.303. The van der Waals surface area contributed by atoms with Crippen molar-refractivity contribution >= 4 is 11.8 Å². The SMILES string of the molecule is CN=C(NCCCCNc1ccccn1)NCc1cc(OC)c(OC)c(OC)c1. The molecule has 2 rings (SSSR count). The van der Waals surface area contributed by atoms with Crippen molar-refractivity contribution in [2.45, 2.75) is 19.4 Å². The van der Waals surface area contributed by atoms with Gasteiger partial charge in [-0.1, -0.05) is 6.07 Å². The van der Waals surface area contributed by atoms with Crippen LogP contribution in [-0.4, -0.2) is 52.4 Å². The van der Waals surface area contributed by atoms with Crippen LogP contribution in [0.15, 0.2) is 41.5 Å². The molecule has 158 valence electrons. The summed E-state index contributed by atoms with van der Waals surface area (Å²) in [5.74, 6) is 3.50. The largest absolute Gasteiger partial charge is 0.493 e. The number of rotatable bonds is 11. The number of nitrogens with zero attached hydrogens (tertiary/aromatic N) is 2. The van der Waals surface area contributed by atoms with Crippen molar-refractivity contribution in [3.05, 3.63) is 42.1 Å². The molecule has 0 aliphatic carbocycles. The molecule has 8 heteroatoms. The lowest BCUT2D eigenvalue weighted by molar-refractivity contribution is 0.323. The van der Waals surface area contributed by atoms with E-state index < -0.39 is 0 Å². The maximum absolute atomic E-state index is 5.40. The Kier molecular flexibility index (Phi) is 9.41. The van der Waals surface area contributed by atoms with Gasteiger partial charge in [0, 0.05) is 32.9 Å². The summed E-state index contributed by atoms with van der Waals surface area (Å²) >= 11 is 0. The van der Waals surface area contributed by atoms with Crippen molar-refractivity contribution in [1.29, 1.82) is 0 Å². The molecule has 0 spiro atoms. The molecule has 0 bridgehead atoms. The fraction of sp³-hybridized carbons (Fsp3) is 0.429. The summed E-state index contributed by atoms with van der Waals surface area (Å²) in [5, 5.41) is 9.94. The molecule has 8 nitrogen and oxygen atoms in total. The third kappa shape index (κ3) is 7.06. The highest BCUT2D eigenvalue weighted by molar-refractivity contribution is 5.79. The molecule has 0 unspecified atom stereocenters. The van der Waals surface area contributed by atoms with Gasteiger partial charge in [-0.05, 0) is 42.7 Å². The van der Waals surface area contributed by atoms with Crippen LogP contribution in [0.4, 0.5) is 5.82 Å². The second kappa shape index (κ2) is 12.3. The zero-order valence-electron chi connectivity index (χ0n) is 17.6. The standard InChI is InChI=1S/C21H31N5O3/c1-22-21(25-12-8-7-11-24-19-9-5-6-10-23-19)26-15-16-13-17(27-2)20(29-4)18(14-16)28-3/h5-6,9-10,13-14H,7-8,11-12,15H2,1-4H3,(H,23,24)(H2,22,25,26). The highest BCUT2D eigenvalue weighted by Gasteiger charge is 2.13. The van der Waals surface area contributed by atoms with Crippen LogP contribution in [0.25, 0.3) is 0 Å². The molecule has 0 aliphatic rings. The maximum Gasteiger partial charge on any atom is 0.203 e. The number of hydrogen-bond donors (Lipinski definition) is 3. The van der Waals surface area contributed by atoms with Crippen molar-refractivity contribution in [3.8, 4) is 17.2 Å². The number of nitrogens with one attached hydrogen (secondary N) is 3. The number of guanidine groups is 1. The Bertz CT molecular complexity index is 743. The van der Waals surface area contributed by atoms with Gasteiger partial charge in [0.15, 0.2) is 17.5 Å². The Morgan fingerprint density at radius 2 is 1.69 bits per heavy atom. The van der Waals surface area contributed by atoms with Gasteiger partial charge in [0.1, 0.15) is 5.82 Å². The van der Waals surface area contributed by atoms with Crippen LogP contribution in [0.3, 0.4) is 0 Å². The Balaban J connectivity index is 1.74. The van der Waals surface area contributed by atoms with Crippen molar-refractivity contribution in [1.82, 2.24) is 15.6 Å². The topological polar surface area (TPSA) is 89.0 Å². The first-order valence-electron chi connectivity index (χ1n) is 9.60. The minimum atomic E-state index is 0.581. The van der Waals surface area contributed by atoms with E-state index in [9.17, 15) is 0 Å². The van der Waals surface area contributed by atoms with Gasteiger partial charge in [0.25, 0.3) is 0 Å². The Morgan fingerprint density at radius 1 is 0.966 bits per heavy atom. The van der Waals surface area contributed by atoms with Gasteiger partial charge < -0.3 is 30.2 Å². The summed E-state index contributed by atoms with van der Waals surface area (Å²) in [4.78, 5) is 8.51. The zero-order chi connectivity index (χ0) is 20.9. The molecule has 29 heavy (non-hydrogen) atoms. The first-order chi connectivity index (χ1) is 14.2. The summed E-state index contributed by atoms with van der Waals surface area (Å²) in [7, 11) is 6.57. The van der Waals surface area contributed by atoms with Crippen LogP contribution in [0.2, 0.25) is 0 Å². The molecular weight excluding hydrogens is 370 g/mol. The Hall–Kier alpha value is -3.16. The van der Waals surface area contributed by atoms with Crippen molar-refractivity contribution in [3.63, 3.8) is 0 Å². The minimum Gasteiger partial charge on any atom is -0.493 e. The molecule has 0 radical (unpaired) electrons. The number of aliphatic imine (C=N–C) groups is 1. The smallest absolute Gasteiger partial charge is 0.203 e. The van der Waals surface area contributed by atoms with Gasteiger partial charge in [0.05, 0.1) is 21.3 Å². The zero-order valence-corrected chi connectivity index (χ0v) is 17.6. The van der Waals surface area contributed by atoms with Crippen molar-refractivity contribution in [2.75, 3.05) is 46.8 Å². The van der Waals surface area contributed by atoms with E-state index in [-0.39, 0.29) is 0 Å². The van der Waals surface area contributed by atoms with Gasteiger partial charge in [-0.25, -0.2) is 4.98 Å². The van der Waals surface area contributed by atoms with Crippen LogP contribution < -0.4 is 30.2 Å². The highest BCUT2D eigenvalue weighted by Crippen LogP contribution is 2.38. The summed E-state index contributed by atoms with van der Waals surface area (Å²) in [6, 6.07) is 9.69. The van der Waals surface area contributed by atoms with E-state index in [0.717, 1.165) is 43.3 Å². The Morgan fingerprint density at radius 3 is 2.28 bits per heavy atom. The molecule has 1 heterocycles. The number of anilines is 1. The predicted octanol–water partition coefficient (Wildman–Crippen LogP) is 2.66. The van der Waals surface area contributed by atoms with Crippen LogP contribution in [0.5, 0.6) is 17.2 Å². The number of pyridine rings is 1. The summed E-state index contributed by atoms with van der Waals surface area (Å²) in [6.45, 7) is 2.30. The molecule has 1 aromatic carbocycles. The lowest BCUT2D eigenvalue weighted by Crippen LogP contribution is -2.37. The third-order valence-electron chi connectivity index (χ3n) is 4.28. The van der Waals surface area contributed by atoms with Crippen LogP contribution in [0.1, 0.15) is 18.4 Å². The fourth-order valence-corrected chi connectivity index (χ4v) is 2.78. The van der Waals surface area contributed by atoms with E-state index in [2.05, 4.69) is 25.9 Å². The van der Waals surface area contributed by atoms with Crippen LogP contribution in [-0.2, 0) is 6.54 Å². The second-order valence-corrected chi connectivity index (χ2v) is 6.23. The molecule has 1 aromatic heterocycles.